The van der Waals surface area contributed by atoms with E-state index in [1.165, 1.54) is 0 Å². The summed E-state index contributed by atoms with van der Waals surface area (Å²) in [4.78, 5) is 27.4. The molecule has 0 radical (unpaired) electrons. The van der Waals surface area contributed by atoms with Crippen LogP contribution in [-0.2, 0) is 0 Å². The Kier molecular flexibility index (Phi) is 5.28. The zero-order valence-corrected chi connectivity index (χ0v) is 13.3. The van der Waals surface area contributed by atoms with Crippen LogP contribution in [0.3, 0.4) is 0 Å². The smallest absolute Gasteiger partial charge is 0.318 e. The number of nitrogens with one attached hydrogen (secondary N) is 2. The van der Waals surface area contributed by atoms with Crippen molar-refractivity contribution < 1.29 is 9.59 Å². The molecule has 1 atom stereocenters. The number of carbonyl (C=O) groups excluding carboxylic acids is 2. The van der Waals surface area contributed by atoms with Crippen molar-refractivity contribution in [1.29, 1.82) is 0 Å². The standard InChI is InChI=1S/C13H21BrN4O2/c1-2-15-12(19)18-7-5-11(9-18)16-13(20)17-6-3-4-10(14)8-17/h4,11H,2-3,5-9H2,1H3,(H,15,19)(H,16,20)/t11-/m0/s1. The zero-order valence-electron chi connectivity index (χ0n) is 11.7. The fourth-order valence-corrected chi connectivity index (χ4v) is 3.00. The lowest BCUT2D eigenvalue weighted by Gasteiger charge is -2.27. The summed E-state index contributed by atoms with van der Waals surface area (Å²) in [6.07, 6.45) is 3.79. The molecule has 2 rings (SSSR count). The van der Waals surface area contributed by atoms with Crippen LogP contribution in [0.5, 0.6) is 0 Å². The van der Waals surface area contributed by atoms with Crippen LogP contribution in [0.25, 0.3) is 0 Å². The molecule has 1 fully saturated rings. The second-order valence-electron chi connectivity index (χ2n) is 5.08. The van der Waals surface area contributed by atoms with Crippen LogP contribution in [0.15, 0.2) is 10.6 Å². The number of likely N-dealkylation sites (tertiary alicyclic amines) is 1. The lowest BCUT2D eigenvalue weighted by molar-refractivity contribution is 0.195. The lowest BCUT2D eigenvalue weighted by atomic mass is 10.2. The van der Waals surface area contributed by atoms with Crippen molar-refractivity contribution in [3.63, 3.8) is 0 Å². The van der Waals surface area contributed by atoms with Crippen molar-refractivity contribution in [3.05, 3.63) is 10.6 Å². The van der Waals surface area contributed by atoms with E-state index in [1.54, 1.807) is 9.80 Å². The Balaban J connectivity index is 1.78. The summed E-state index contributed by atoms with van der Waals surface area (Å²) in [5, 5.41) is 5.79. The molecule has 0 aliphatic carbocycles. The number of urea groups is 2. The van der Waals surface area contributed by atoms with Crippen molar-refractivity contribution >= 4 is 28.0 Å². The SMILES string of the molecule is CCNC(=O)N1CC[C@H](NC(=O)N2CCC=C(Br)C2)C1. The summed E-state index contributed by atoms with van der Waals surface area (Å²) in [6.45, 7) is 5.17. The first-order valence-electron chi connectivity index (χ1n) is 7.03. The summed E-state index contributed by atoms with van der Waals surface area (Å²) in [7, 11) is 0. The average Bonchev–Trinajstić information content (AvgIpc) is 2.87. The van der Waals surface area contributed by atoms with Crippen molar-refractivity contribution in [2.75, 3.05) is 32.7 Å². The quantitative estimate of drug-likeness (QED) is 0.796. The number of amides is 4. The Hall–Kier alpha value is -1.24. The van der Waals surface area contributed by atoms with Gasteiger partial charge in [-0.1, -0.05) is 22.0 Å². The van der Waals surface area contributed by atoms with Crippen LogP contribution < -0.4 is 10.6 Å². The molecule has 2 heterocycles. The molecule has 0 bridgehead atoms. The van der Waals surface area contributed by atoms with Crippen LogP contribution in [0.1, 0.15) is 19.8 Å². The van der Waals surface area contributed by atoms with Crippen LogP contribution in [0.2, 0.25) is 0 Å². The third kappa shape index (κ3) is 3.88. The first-order valence-corrected chi connectivity index (χ1v) is 7.82. The van der Waals surface area contributed by atoms with Gasteiger partial charge in [0.1, 0.15) is 0 Å². The summed E-state index contributed by atoms with van der Waals surface area (Å²) in [5.41, 5.74) is 0. The molecule has 6 nitrogen and oxygen atoms in total. The second kappa shape index (κ2) is 6.97. The molecular formula is C13H21BrN4O2. The minimum Gasteiger partial charge on any atom is -0.338 e. The predicted molar refractivity (Wildman–Crippen MR) is 80.8 cm³/mol. The van der Waals surface area contributed by atoms with Gasteiger partial charge in [0.25, 0.3) is 0 Å². The molecule has 4 amide bonds. The molecule has 0 aromatic rings. The van der Waals surface area contributed by atoms with Crippen molar-refractivity contribution in [2.45, 2.75) is 25.8 Å². The molecule has 2 aliphatic heterocycles. The van der Waals surface area contributed by atoms with E-state index < -0.39 is 0 Å². The minimum atomic E-state index is -0.0482. The van der Waals surface area contributed by atoms with E-state index in [9.17, 15) is 9.59 Å². The van der Waals surface area contributed by atoms with E-state index in [2.05, 4.69) is 32.6 Å². The highest BCUT2D eigenvalue weighted by Crippen LogP contribution is 2.16. The van der Waals surface area contributed by atoms with Crippen molar-refractivity contribution in [1.82, 2.24) is 20.4 Å². The first kappa shape index (κ1) is 15.2. The fourth-order valence-electron chi connectivity index (χ4n) is 2.47. The molecule has 7 heteroatoms. The van der Waals surface area contributed by atoms with E-state index in [4.69, 9.17) is 0 Å². The molecular weight excluding hydrogens is 324 g/mol. The Labute approximate surface area is 127 Å². The Morgan fingerprint density at radius 3 is 2.85 bits per heavy atom. The maximum Gasteiger partial charge on any atom is 0.318 e. The van der Waals surface area contributed by atoms with Gasteiger partial charge in [-0.05, 0) is 19.8 Å². The second-order valence-corrected chi connectivity index (χ2v) is 6.10. The van der Waals surface area contributed by atoms with Crippen LogP contribution in [-0.4, -0.2) is 60.6 Å². The van der Waals surface area contributed by atoms with E-state index >= 15 is 0 Å². The Morgan fingerprint density at radius 2 is 2.15 bits per heavy atom. The monoisotopic (exact) mass is 344 g/mol. The highest BCUT2D eigenvalue weighted by atomic mass is 79.9. The summed E-state index contributed by atoms with van der Waals surface area (Å²) < 4.78 is 1.05. The molecule has 0 unspecified atom stereocenters. The summed E-state index contributed by atoms with van der Waals surface area (Å²) in [6, 6.07) is -0.0412. The molecule has 112 valence electrons. The van der Waals surface area contributed by atoms with Crippen LogP contribution in [0, 0.1) is 0 Å². The Morgan fingerprint density at radius 1 is 1.35 bits per heavy atom. The highest BCUT2D eigenvalue weighted by molar-refractivity contribution is 9.11. The van der Waals surface area contributed by atoms with Gasteiger partial charge >= 0.3 is 12.1 Å². The molecule has 20 heavy (non-hydrogen) atoms. The number of hydrogen-bond donors (Lipinski definition) is 2. The Bertz CT molecular complexity index is 413. The van der Waals surface area contributed by atoms with Gasteiger partial charge in [-0.15, -0.1) is 0 Å². The van der Waals surface area contributed by atoms with E-state index in [1.807, 2.05) is 6.92 Å². The van der Waals surface area contributed by atoms with Gasteiger partial charge in [-0.3, -0.25) is 0 Å². The largest absolute Gasteiger partial charge is 0.338 e. The molecule has 1 saturated heterocycles. The molecule has 0 spiro atoms. The molecule has 0 aromatic heterocycles. The van der Waals surface area contributed by atoms with E-state index in [0.717, 1.165) is 23.9 Å². The number of nitrogens with zero attached hydrogens (tertiary/aromatic N) is 2. The molecule has 0 aromatic carbocycles. The van der Waals surface area contributed by atoms with Crippen molar-refractivity contribution in [3.8, 4) is 0 Å². The van der Waals surface area contributed by atoms with Gasteiger partial charge in [0.2, 0.25) is 0 Å². The number of carbonyl (C=O) groups is 2. The predicted octanol–water partition coefficient (Wildman–Crippen LogP) is 1.48. The van der Waals surface area contributed by atoms with E-state index in [0.29, 0.717) is 26.2 Å². The zero-order chi connectivity index (χ0) is 14.5. The topological polar surface area (TPSA) is 64.7 Å². The maximum atomic E-state index is 12.1. The summed E-state index contributed by atoms with van der Waals surface area (Å²) in [5.74, 6) is 0. The maximum absolute atomic E-state index is 12.1. The lowest BCUT2D eigenvalue weighted by Crippen LogP contribution is -2.48. The van der Waals surface area contributed by atoms with Gasteiger partial charge in [-0.25, -0.2) is 9.59 Å². The highest BCUT2D eigenvalue weighted by Gasteiger charge is 2.28. The fraction of sp³-hybridized carbons (Fsp3) is 0.692. The van der Waals surface area contributed by atoms with Gasteiger partial charge in [0.15, 0.2) is 0 Å². The van der Waals surface area contributed by atoms with Crippen LogP contribution >= 0.6 is 15.9 Å². The molecule has 2 N–H and O–H groups in total. The van der Waals surface area contributed by atoms with Gasteiger partial charge < -0.3 is 20.4 Å². The third-order valence-electron chi connectivity index (χ3n) is 3.53. The van der Waals surface area contributed by atoms with Gasteiger partial charge in [0.05, 0.1) is 6.54 Å². The third-order valence-corrected chi connectivity index (χ3v) is 4.10. The molecule has 2 aliphatic rings. The van der Waals surface area contributed by atoms with Gasteiger partial charge in [0, 0.05) is 36.7 Å². The number of rotatable bonds is 2. The normalized spacial score (nSPS) is 22.5. The summed E-state index contributed by atoms with van der Waals surface area (Å²) >= 11 is 3.43. The van der Waals surface area contributed by atoms with Crippen molar-refractivity contribution in [2.24, 2.45) is 0 Å². The van der Waals surface area contributed by atoms with E-state index in [-0.39, 0.29) is 18.1 Å². The molecule has 0 saturated carbocycles. The number of hydrogen-bond acceptors (Lipinski definition) is 2. The number of halogens is 1. The van der Waals surface area contributed by atoms with Gasteiger partial charge in [-0.2, -0.15) is 0 Å². The minimum absolute atomic E-state index is 0.0437. The first-order chi connectivity index (χ1) is 9.60. The van der Waals surface area contributed by atoms with Crippen LogP contribution in [0.4, 0.5) is 9.59 Å². The average molecular weight is 345 g/mol.